The lowest BCUT2D eigenvalue weighted by molar-refractivity contribution is 0.473. The van der Waals surface area contributed by atoms with Gasteiger partial charge in [0, 0.05) is 10.6 Å². The SMILES string of the molecule is [2H]c1nc(-c2nc([2H])c(Br)c([2H])c2[2H])c([2H])c([2H])c1O. The van der Waals surface area contributed by atoms with E-state index in [0.717, 1.165) is 0 Å². The summed E-state index contributed by atoms with van der Waals surface area (Å²) in [7, 11) is 0. The first-order chi connectivity index (χ1) is 9.25. The van der Waals surface area contributed by atoms with Gasteiger partial charge in [-0.1, -0.05) is 0 Å². The molecule has 2 aromatic rings. The molecule has 3 nitrogen and oxygen atoms in total. The lowest BCUT2D eigenvalue weighted by Crippen LogP contribution is -1.85. The van der Waals surface area contributed by atoms with Crippen molar-refractivity contribution in [3.63, 3.8) is 0 Å². The predicted octanol–water partition coefficient (Wildman–Crippen LogP) is 2.61. The van der Waals surface area contributed by atoms with E-state index < -0.39 is 24.0 Å². The molecule has 0 aliphatic carbocycles. The van der Waals surface area contributed by atoms with Crippen molar-refractivity contribution in [3.05, 3.63) is 41.0 Å². The zero-order valence-corrected chi connectivity index (χ0v) is 8.31. The maximum Gasteiger partial charge on any atom is 0.133 e. The molecule has 0 saturated heterocycles. The molecule has 70 valence electrons. The first-order valence-electron chi connectivity index (χ1n) is 6.56. The molecule has 0 atom stereocenters. The Labute approximate surface area is 98.0 Å². The zero-order valence-electron chi connectivity index (χ0n) is 12.7. The van der Waals surface area contributed by atoms with Crippen molar-refractivity contribution in [3.8, 4) is 17.1 Å². The third-order valence-corrected chi connectivity index (χ3v) is 1.73. The number of hydrogen-bond acceptors (Lipinski definition) is 3. The molecule has 0 aromatic carbocycles. The quantitative estimate of drug-likeness (QED) is 0.854. The molecule has 0 aliphatic rings. The van der Waals surface area contributed by atoms with Crippen LogP contribution in [0.3, 0.4) is 0 Å². The van der Waals surface area contributed by atoms with E-state index in [1.165, 1.54) is 0 Å². The van der Waals surface area contributed by atoms with Crippen LogP contribution in [0.5, 0.6) is 5.75 Å². The second kappa shape index (κ2) is 3.75. The monoisotopic (exact) mass is 256 g/mol. The fourth-order valence-corrected chi connectivity index (χ4v) is 0.970. The largest absolute Gasteiger partial charge is 0.506 e. The summed E-state index contributed by atoms with van der Waals surface area (Å²) in [5.41, 5.74) is -0.521. The molecule has 0 fully saturated rings. The molecule has 0 radical (unpaired) electrons. The molecule has 14 heavy (non-hydrogen) atoms. The third-order valence-electron chi connectivity index (χ3n) is 1.35. The summed E-state index contributed by atoms with van der Waals surface area (Å²) in [5, 5.41) is 9.37. The molecule has 2 rings (SSSR count). The van der Waals surface area contributed by atoms with Crippen LogP contribution in [0, 0.1) is 0 Å². The summed E-state index contributed by atoms with van der Waals surface area (Å²) in [6, 6.07) is -1.80. The summed E-state index contributed by atoms with van der Waals surface area (Å²) in [4.78, 5) is 7.38. The highest BCUT2D eigenvalue weighted by Gasteiger charge is 1.99. The number of nitrogens with zero attached hydrogens (tertiary/aromatic N) is 2. The van der Waals surface area contributed by atoms with E-state index in [2.05, 4.69) is 25.9 Å². The second-order valence-electron chi connectivity index (χ2n) is 2.31. The minimum Gasteiger partial charge on any atom is -0.506 e. The topological polar surface area (TPSA) is 46.0 Å². The highest BCUT2D eigenvalue weighted by Crippen LogP contribution is 2.18. The highest BCUT2D eigenvalue weighted by atomic mass is 79.9. The van der Waals surface area contributed by atoms with Gasteiger partial charge in [0.15, 0.2) is 0 Å². The summed E-state index contributed by atoms with van der Waals surface area (Å²) in [6.45, 7) is 0. The van der Waals surface area contributed by atoms with Gasteiger partial charge in [-0.15, -0.1) is 0 Å². The summed E-state index contributed by atoms with van der Waals surface area (Å²) in [5.74, 6) is -0.736. The van der Waals surface area contributed by atoms with Gasteiger partial charge >= 0.3 is 0 Å². The van der Waals surface area contributed by atoms with Crippen molar-refractivity contribution in [2.24, 2.45) is 0 Å². The van der Waals surface area contributed by atoms with E-state index in [9.17, 15) is 5.11 Å². The highest BCUT2D eigenvalue weighted by molar-refractivity contribution is 9.10. The van der Waals surface area contributed by atoms with Crippen molar-refractivity contribution in [1.82, 2.24) is 9.97 Å². The van der Waals surface area contributed by atoms with Crippen LogP contribution in [0.15, 0.2) is 41.0 Å². The van der Waals surface area contributed by atoms with E-state index in [4.69, 9.17) is 8.22 Å². The van der Waals surface area contributed by atoms with E-state index in [1.54, 1.807) is 0 Å². The van der Waals surface area contributed by atoms with Gasteiger partial charge < -0.3 is 5.11 Å². The minimum absolute atomic E-state index is 0.0359. The van der Waals surface area contributed by atoms with Crippen molar-refractivity contribution >= 4 is 15.9 Å². The van der Waals surface area contributed by atoms with Crippen LogP contribution >= 0.6 is 15.9 Å². The Balaban J connectivity index is 2.83. The number of rotatable bonds is 1. The Morgan fingerprint density at radius 3 is 2.50 bits per heavy atom. The first kappa shape index (κ1) is 4.40. The van der Waals surface area contributed by atoms with Crippen molar-refractivity contribution < 1.29 is 13.3 Å². The molecule has 0 aliphatic heterocycles. The van der Waals surface area contributed by atoms with Crippen LogP contribution in [0.2, 0.25) is 0 Å². The summed E-state index contributed by atoms with van der Waals surface area (Å²) in [6.07, 6.45) is -0.934. The Bertz CT molecular complexity index is 662. The Kier molecular flexibility index (Phi) is 1.18. The van der Waals surface area contributed by atoms with E-state index >= 15 is 0 Å². The van der Waals surface area contributed by atoms with Gasteiger partial charge in [0.05, 0.1) is 25.8 Å². The molecule has 0 amide bonds. The molecule has 1 N–H and O–H groups in total. The molecular weight excluding hydrogens is 244 g/mol. The van der Waals surface area contributed by atoms with Crippen molar-refractivity contribution in [2.75, 3.05) is 0 Å². The number of pyridine rings is 2. The minimum atomic E-state index is -0.736. The van der Waals surface area contributed by atoms with Crippen LogP contribution < -0.4 is 0 Å². The smallest absolute Gasteiger partial charge is 0.133 e. The lowest BCUT2D eigenvalue weighted by atomic mass is 10.2. The Hall–Kier alpha value is -1.42. The van der Waals surface area contributed by atoms with Gasteiger partial charge in [-0.05, 0) is 40.1 Å². The molecule has 4 heteroatoms. The Morgan fingerprint density at radius 2 is 1.71 bits per heavy atom. The van der Waals surface area contributed by atoms with Gasteiger partial charge in [-0.2, -0.15) is 0 Å². The zero-order chi connectivity index (χ0) is 15.2. The van der Waals surface area contributed by atoms with Crippen LogP contribution in [-0.4, -0.2) is 15.1 Å². The van der Waals surface area contributed by atoms with Crippen LogP contribution in [0.1, 0.15) is 8.22 Å². The van der Waals surface area contributed by atoms with Crippen LogP contribution in [0.4, 0.5) is 0 Å². The Morgan fingerprint density at radius 1 is 1.07 bits per heavy atom. The van der Waals surface area contributed by atoms with Gasteiger partial charge in [0.25, 0.3) is 0 Å². The molecule has 0 unspecified atom stereocenters. The molecular formula is C10H7BrN2O. The second-order valence-corrected chi connectivity index (χ2v) is 3.10. The van der Waals surface area contributed by atoms with Gasteiger partial charge in [0.1, 0.15) is 5.75 Å². The average molecular weight is 257 g/mol. The fraction of sp³-hybridized carbons (Fsp3) is 0. The van der Waals surface area contributed by atoms with Crippen molar-refractivity contribution in [2.45, 2.75) is 0 Å². The molecule has 2 aromatic heterocycles. The average Bonchev–Trinajstić information content (AvgIpc) is 2.42. The maximum absolute atomic E-state index is 9.37. The number of aromatic nitrogens is 2. The van der Waals surface area contributed by atoms with Crippen molar-refractivity contribution in [1.29, 1.82) is 0 Å². The maximum atomic E-state index is 9.37. The standard InChI is InChI=1S/C10H7BrN2O/c11-7-1-3-9(12-5-7)10-4-2-8(14)6-13-10/h1-6,14H/i1D,2D,3D,4D,5D,6D. The summed E-state index contributed by atoms with van der Waals surface area (Å²) >= 11 is 2.96. The van der Waals surface area contributed by atoms with E-state index in [0.29, 0.717) is 0 Å². The van der Waals surface area contributed by atoms with Crippen LogP contribution in [-0.2, 0) is 0 Å². The van der Waals surface area contributed by atoms with Gasteiger partial charge in [-0.25, -0.2) is 0 Å². The molecule has 0 saturated carbocycles. The lowest BCUT2D eigenvalue weighted by Gasteiger charge is -1.99. The fourth-order valence-electron chi connectivity index (χ4n) is 0.782. The first-order valence-corrected chi connectivity index (χ1v) is 4.35. The normalized spacial score (nSPS) is 16.1. The molecule has 0 bridgehead atoms. The number of aromatic hydroxyl groups is 1. The van der Waals surface area contributed by atoms with Crippen LogP contribution in [0.25, 0.3) is 11.4 Å². The van der Waals surface area contributed by atoms with Gasteiger partial charge in [0.2, 0.25) is 0 Å². The molecule has 0 spiro atoms. The van der Waals surface area contributed by atoms with E-state index in [1.807, 2.05) is 0 Å². The third kappa shape index (κ3) is 1.90. The summed E-state index contributed by atoms with van der Waals surface area (Å²) < 4.78 is 45.7. The van der Waals surface area contributed by atoms with Gasteiger partial charge in [-0.3, -0.25) is 9.97 Å². The predicted molar refractivity (Wildman–Crippen MR) is 56.8 cm³/mol. The number of halogens is 1. The van der Waals surface area contributed by atoms with E-state index in [-0.39, 0.29) is 34.1 Å². The molecule has 2 heterocycles. The number of hydrogen-bond donors (Lipinski definition) is 1.